The molecule has 17 heavy (non-hydrogen) atoms. The van der Waals surface area contributed by atoms with E-state index in [1.165, 1.54) is 0 Å². The minimum Gasteiger partial charge on any atom is -0.466 e. The highest BCUT2D eigenvalue weighted by Crippen LogP contribution is 2.33. The highest BCUT2D eigenvalue weighted by Gasteiger charge is 2.18. The lowest BCUT2D eigenvalue weighted by Gasteiger charge is -2.12. The summed E-state index contributed by atoms with van der Waals surface area (Å²) < 4.78 is 7.26. The van der Waals surface area contributed by atoms with Crippen LogP contribution in [0.25, 0.3) is 0 Å². The molecule has 2 aromatic rings. The molecule has 0 bridgehead atoms. The molecule has 90 valence electrons. The normalized spacial score (nSPS) is 12.8. The molecule has 1 heterocycles. The molecule has 4 heteroatoms. The summed E-state index contributed by atoms with van der Waals surface area (Å²) in [7, 11) is 0. The zero-order valence-electron chi connectivity index (χ0n) is 9.50. The molecule has 0 amide bonds. The van der Waals surface area contributed by atoms with Crippen molar-refractivity contribution < 1.29 is 9.52 Å². The number of rotatable bonds is 2. The molecule has 0 radical (unpaired) electrons. The van der Waals surface area contributed by atoms with Gasteiger partial charge in [-0.25, -0.2) is 0 Å². The van der Waals surface area contributed by atoms with Crippen molar-refractivity contribution in [3.63, 3.8) is 0 Å². The van der Waals surface area contributed by atoms with E-state index in [2.05, 4.69) is 31.9 Å². The zero-order chi connectivity index (χ0) is 12.6. The van der Waals surface area contributed by atoms with Gasteiger partial charge in [0.15, 0.2) is 0 Å². The third kappa shape index (κ3) is 2.64. The summed E-state index contributed by atoms with van der Waals surface area (Å²) in [5.41, 5.74) is 1.63. The van der Waals surface area contributed by atoms with E-state index >= 15 is 0 Å². The van der Waals surface area contributed by atoms with Crippen molar-refractivity contribution in [3.05, 3.63) is 55.9 Å². The first-order valence-electron chi connectivity index (χ1n) is 5.19. The second-order valence-electron chi connectivity index (χ2n) is 3.94. The lowest BCUT2D eigenvalue weighted by molar-refractivity contribution is 0.217. The highest BCUT2D eigenvalue weighted by atomic mass is 79.9. The topological polar surface area (TPSA) is 33.4 Å². The van der Waals surface area contributed by atoms with E-state index in [4.69, 9.17) is 4.42 Å². The summed E-state index contributed by atoms with van der Waals surface area (Å²) >= 11 is 6.85. The molecule has 0 saturated heterocycles. The van der Waals surface area contributed by atoms with Crippen LogP contribution in [-0.2, 0) is 0 Å². The summed E-state index contributed by atoms with van der Waals surface area (Å²) in [5.74, 6) is 1.56. The maximum absolute atomic E-state index is 10.4. The molecular formula is C13H12Br2O2. The summed E-state index contributed by atoms with van der Waals surface area (Å²) in [6, 6.07) is 7.60. The molecule has 0 aliphatic heterocycles. The number of halogens is 2. The molecule has 1 aromatic heterocycles. The SMILES string of the molecule is Cc1cc(C(O)c2cc(Br)ccc2Br)c(C)o1. The fourth-order valence-electron chi connectivity index (χ4n) is 1.81. The van der Waals surface area contributed by atoms with Gasteiger partial charge in [0.2, 0.25) is 0 Å². The van der Waals surface area contributed by atoms with Gasteiger partial charge in [-0.1, -0.05) is 31.9 Å². The van der Waals surface area contributed by atoms with Crippen LogP contribution in [0.3, 0.4) is 0 Å². The quantitative estimate of drug-likeness (QED) is 0.856. The van der Waals surface area contributed by atoms with Crippen LogP contribution in [-0.4, -0.2) is 5.11 Å². The second-order valence-corrected chi connectivity index (χ2v) is 5.71. The van der Waals surface area contributed by atoms with Crippen LogP contribution in [0.5, 0.6) is 0 Å². The second kappa shape index (κ2) is 4.96. The number of hydrogen-bond acceptors (Lipinski definition) is 2. The average Bonchev–Trinajstić information content (AvgIpc) is 2.60. The molecule has 2 rings (SSSR count). The number of aliphatic hydroxyl groups is 1. The first kappa shape index (κ1) is 12.9. The summed E-state index contributed by atoms with van der Waals surface area (Å²) in [4.78, 5) is 0. The first-order valence-corrected chi connectivity index (χ1v) is 6.77. The Balaban J connectivity index is 2.46. The van der Waals surface area contributed by atoms with E-state index in [9.17, 15) is 5.11 Å². The van der Waals surface area contributed by atoms with Crippen molar-refractivity contribution in [1.82, 2.24) is 0 Å². The van der Waals surface area contributed by atoms with E-state index < -0.39 is 6.10 Å². The van der Waals surface area contributed by atoms with Crippen molar-refractivity contribution in [2.24, 2.45) is 0 Å². The smallest absolute Gasteiger partial charge is 0.109 e. The monoisotopic (exact) mass is 358 g/mol. The lowest BCUT2D eigenvalue weighted by atomic mass is 10.0. The number of hydrogen-bond donors (Lipinski definition) is 1. The van der Waals surface area contributed by atoms with E-state index in [1.54, 1.807) is 0 Å². The molecule has 0 aliphatic rings. The van der Waals surface area contributed by atoms with Gasteiger partial charge in [-0.15, -0.1) is 0 Å². The lowest BCUT2D eigenvalue weighted by Crippen LogP contribution is -2.01. The van der Waals surface area contributed by atoms with E-state index in [0.29, 0.717) is 0 Å². The third-order valence-corrected chi connectivity index (χ3v) is 3.84. The molecule has 0 spiro atoms. The standard InChI is InChI=1S/C13H12Br2O2/c1-7-5-10(8(2)17-7)13(16)11-6-9(14)3-4-12(11)15/h3-6,13,16H,1-2H3. The predicted molar refractivity (Wildman–Crippen MR) is 74.1 cm³/mol. The van der Waals surface area contributed by atoms with Crippen molar-refractivity contribution in [1.29, 1.82) is 0 Å². The molecule has 0 aliphatic carbocycles. The minimum absolute atomic E-state index is 0.681. The minimum atomic E-state index is -0.681. The van der Waals surface area contributed by atoms with Gasteiger partial charge in [-0.2, -0.15) is 0 Å². The van der Waals surface area contributed by atoms with Crippen LogP contribution in [0.4, 0.5) is 0 Å². The molecular weight excluding hydrogens is 348 g/mol. The summed E-state index contributed by atoms with van der Waals surface area (Å²) in [5, 5.41) is 10.4. The molecule has 1 atom stereocenters. The van der Waals surface area contributed by atoms with Gasteiger partial charge in [-0.05, 0) is 38.1 Å². The van der Waals surface area contributed by atoms with Crippen LogP contribution in [0.15, 0.2) is 37.6 Å². The number of aliphatic hydroxyl groups excluding tert-OH is 1. The number of aryl methyl sites for hydroxylation is 2. The number of furan rings is 1. The van der Waals surface area contributed by atoms with E-state index in [0.717, 1.165) is 31.6 Å². The Kier molecular flexibility index (Phi) is 3.76. The fraction of sp³-hybridized carbons (Fsp3) is 0.231. The molecule has 1 N–H and O–H groups in total. The molecule has 0 fully saturated rings. The van der Waals surface area contributed by atoms with Crippen molar-refractivity contribution in [2.45, 2.75) is 20.0 Å². The van der Waals surface area contributed by atoms with E-state index in [-0.39, 0.29) is 0 Å². The predicted octanol–water partition coefficient (Wildman–Crippen LogP) is 4.50. The van der Waals surface area contributed by atoms with Crippen LogP contribution >= 0.6 is 31.9 Å². The maximum Gasteiger partial charge on any atom is 0.109 e. The Morgan fingerprint density at radius 2 is 1.82 bits per heavy atom. The van der Waals surface area contributed by atoms with Crippen molar-refractivity contribution >= 4 is 31.9 Å². The van der Waals surface area contributed by atoms with Gasteiger partial charge < -0.3 is 9.52 Å². The van der Waals surface area contributed by atoms with Gasteiger partial charge in [0.1, 0.15) is 17.6 Å². The van der Waals surface area contributed by atoms with E-state index in [1.807, 2.05) is 38.1 Å². The van der Waals surface area contributed by atoms with Crippen LogP contribution in [0.2, 0.25) is 0 Å². The van der Waals surface area contributed by atoms with Crippen molar-refractivity contribution in [3.8, 4) is 0 Å². The third-order valence-electron chi connectivity index (χ3n) is 2.63. The van der Waals surface area contributed by atoms with Gasteiger partial charge >= 0.3 is 0 Å². The van der Waals surface area contributed by atoms with Crippen molar-refractivity contribution in [2.75, 3.05) is 0 Å². The van der Waals surface area contributed by atoms with Crippen LogP contribution < -0.4 is 0 Å². The van der Waals surface area contributed by atoms with Crippen LogP contribution in [0.1, 0.15) is 28.8 Å². The molecule has 0 saturated carbocycles. The van der Waals surface area contributed by atoms with Gasteiger partial charge in [0.25, 0.3) is 0 Å². The zero-order valence-corrected chi connectivity index (χ0v) is 12.7. The van der Waals surface area contributed by atoms with Crippen LogP contribution in [0, 0.1) is 13.8 Å². The van der Waals surface area contributed by atoms with Gasteiger partial charge in [-0.3, -0.25) is 0 Å². The summed E-state index contributed by atoms with van der Waals surface area (Å²) in [6.45, 7) is 3.73. The Labute approximate surface area is 117 Å². The largest absolute Gasteiger partial charge is 0.466 e. The Morgan fingerprint density at radius 1 is 1.12 bits per heavy atom. The maximum atomic E-state index is 10.4. The average molecular weight is 360 g/mol. The molecule has 2 nitrogen and oxygen atoms in total. The highest BCUT2D eigenvalue weighted by molar-refractivity contribution is 9.11. The Morgan fingerprint density at radius 3 is 2.41 bits per heavy atom. The van der Waals surface area contributed by atoms with Gasteiger partial charge in [0.05, 0.1) is 0 Å². The Hall–Kier alpha value is -0.580. The molecule has 1 unspecified atom stereocenters. The Bertz CT molecular complexity index is 546. The number of benzene rings is 1. The first-order chi connectivity index (χ1) is 7.99. The molecule has 1 aromatic carbocycles. The van der Waals surface area contributed by atoms with Gasteiger partial charge in [0, 0.05) is 20.1 Å². The summed E-state index contributed by atoms with van der Waals surface area (Å²) in [6.07, 6.45) is -0.681. The fourth-order valence-corrected chi connectivity index (χ4v) is 2.66.